The first kappa shape index (κ1) is 30.4. The number of carbonyl (C=O) groups is 4. The third-order valence-corrected chi connectivity index (χ3v) is 3.53. The molecule has 0 radical (unpaired) electrons. The van der Waals surface area contributed by atoms with Gasteiger partial charge in [0.25, 0.3) is 0 Å². The number of carboxylic acid groups (broad SMARTS) is 1. The van der Waals surface area contributed by atoms with Crippen LogP contribution in [0.25, 0.3) is 0 Å². The molecular formula is C20H38N4O9. The second kappa shape index (κ2) is 18.9. The van der Waals surface area contributed by atoms with Gasteiger partial charge < -0.3 is 34.7 Å². The first-order chi connectivity index (χ1) is 15.6. The molecule has 0 aromatic rings. The van der Waals surface area contributed by atoms with E-state index in [2.05, 4.69) is 21.5 Å². The summed E-state index contributed by atoms with van der Waals surface area (Å²) in [6, 6.07) is -0.551. The molecule has 4 amide bonds. The number of carboxylic acids is 1. The van der Waals surface area contributed by atoms with Crippen LogP contribution < -0.4 is 21.5 Å². The maximum atomic E-state index is 11.5. The Morgan fingerprint density at radius 2 is 1.24 bits per heavy atom. The number of rotatable bonds is 17. The molecule has 0 atom stereocenters. The lowest BCUT2D eigenvalue weighted by molar-refractivity contribution is -0.138. The minimum Gasteiger partial charge on any atom is -0.481 e. The third kappa shape index (κ3) is 23.8. The summed E-state index contributed by atoms with van der Waals surface area (Å²) in [5, 5.41) is 13.7. The van der Waals surface area contributed by atoms with E-state index < -0.39 is 23.7 Å². The Bertz CT molecular complexity index is 582. The zero-order chi connectivity index (χ0) is 25.0. The molecule has 0 unspecified atom stereocenters. The largest absolute Gasteiger partial charge is 0.481 e. The van der Waals surface area contributed by atoms with Gasteiger partial charge in [-0.1, -0.05) is 0 Å². The SMILES string of the molecule is CC(C)(C)OC(=O)NNC(=O)NCCCOCCOCCOCCCNC(=O)CCC(=O)O. The number of carbonyl (C=O) groups excluding carboxylic acids is 3. The molecule has 33 heavy (non-hydrogen) atoms. The summed E-state index contributed by atoms with van der Waals surface area (Å²) < 4.78 is 21.1. The van der Waals surface area contributed by atoms with Gasteiger partial charge in [0.1, 0.15) is 5.60 Å². The van der Waals surface area contributed by atoms with Gasteiger partial charge in [-0.15, -0.1) is 0 Å². The summed E-state index contributed by atoms with van der Waals surface area (Å²) in [4.78, 5) is 44.5. The average molecular weight is 479 g/mol. The number of ether oxygens (including phenoxy) is 4. The second-order valence-electron chi connectivity index (χ2n) is 7.80. The van der Waals surface area contributed by atoms with E-state index >= 15 is 0 Å². The molecule has 5 N–H and O–H groups in total. The number of nitrogens with one attached hydrogen (secondary N) is 4. The van der Waals surface area contributed by atoms with Crippen LogP contribution in [0.1, 0.15) is 46.5 Å². The number of hydrogen-bond acceptors (Lipinski definition) is 8. The van der Waals surface area contributed by atoms with Gasteiger partial charge in [-0.25, -0.2) is 20.4 Å². The number of aliphatic carboxylic acids is 1. The van der Waals surface area contributed by atoms with Crippen molar-refractivity contribution >= 4 is 24.0 Å². The van der Waals surface area contributed by atoms with Crippen molar-refractivity contribution in [2.75, 3.05) is 52.7 Å². The molecule has 0 aromatic carbocycles. The lowest BCUT2D eigenvalue weighted by Gasteiger charge is -2.19. The molecule has 0 saturated carbocycles. The Balaban J connectivity index is 3.32. The van der Waals surface area contributed by atoms with Crippen LogP contribution in [-0.2, 0) is 28.5 Å². The number of hydrogen-bond donors (Lipinski definition) is 5. The molecular weight excluding hydrogens is 440 g/mol. The van der Waals surface area contributed by atoms with E-state index in [-0.39, 0.29) is 18.7 Å². The molecule has 0 saturated heterocycles. The van der Waals surface area contributed by atoms with Gasteiger partial charge in [0.2, 0.25) is 5.91 Å². The zero-order valence-corrected chi connectivity index (χ0v) is 19.7. The zero-order valence-electron chi connectivity index (χ0n) is 19.7. The van der Waals surface area contributed by atoms with Crippen LogP contribution in [0.3, 0.4) is 0 Å². The maximum Gasteiger partial charge on any atom is 0.426 e. The molecule has 192 valence electrons. The lowest BCUT2D eigenvalue weighted by Crippen LogP contribution is -2.48. The van der Waals surface area contributed by atoms with Gasteiger partial charge in [0, 0.05) is 32.7 Å². The Morgan fingerprint density at radius 3 is 1.76 bits per heavy atom. The molecule has 0 bridgehead atoms. The normalized spacial score (nSPS) is 10.9. The molecule has 0 aliphatic rings. The molecule has 0 aromatic heterocycles. The highest BCUT2D eigenvalue weighted by Crippen LogP contribution is 2.05. The molecule has 0 heterocycles. The van der Waals surface area contributed by atoms with E-state index in [9.17, 15) is 19.2 Å². The highest BCUT2D eigenvalue weighted by atomic mass is 16.6. The first-order valence-corrected chi connectivity index (χ1v) is 10.8. The molecule has 0 spiro atoms. The van der Waals surface area contributed by atoms with Gasteiger partial charge in [-0.3, -0.25) is 9.59 Å². The Morgan fingerprint density at radius 1 is 0.727 bits per heavy atom. The number of hydrazine groups is 1. The Hall–Kier alpha value is -2.64. The fourth-order valence-electron chi connectivity index (χ4n) is 2.08. The van der Waals surface area contributed by atoms with Crippen molar-refractivity contribution in [3.8, 4) is 0 Å². The predicted octanol–water partition coefficient (Wildman–Crippen LogP) is 0.536. The van der Waals surface area contributed by atoms with Crippen LogP contribution in [-0.4, -0.2) is 87.4 Å². The van der Waals surface area contributed by atoms with Gasteiger partial charge in [0.15, 0.2) is 0 Å². The van der Waals surface area contributed by atoms with Crippen LogP contribution in [0.2, 0.25) is 0 Å². The van der Waals surface area contributed by atoms with Crippen molar-refractivity contribution in [2.45, 2.75) is 52.1 Å². The molecule has 0 aliphatic carbocycles. The average Bonchev–Trinajstić information content (AvgIpc) is 2.72. The van der Waals surface area contributed by atoms with Crippen molar-refractivity contribution in [2.24, 2.45) is 0 Å². The van der Waals surface area contributed by atoms with E-state index in [4.69, 9.17) is 24.1 Å². The maximum absolute atomic E-state index is 11.5. The standard InChI is InChI=1S/C20H38N4O9/c1-20(2,3)33-19(29)24-23-18(28)22-9-5-11-31-13-15-32-14-12-30-10-4-8-21-16(25)6-7-17(26)27/h4-15H2,1-3H3,(H,21,25)(H,24,29)(H,26,27)(H2,22,23,28). The second-order valence-corrected chi connectivity index (χ2v) is 7.80. The quantitative estimate of drug-likeness (QED) is 0.148. The van der Waals surface area contributed by atoms with Crippen molar-refractivity contribution in [1.29, 1.82) is 0 Å². The van der Waals surface area contributed by atoms with E-state index in [0.717, 1.165) is 0 Å². The van der Waals surface area contributed by atoms with Crippen molar-refractivity contribution < 1.29 is 43.2 Å². The fraction of sp³-hybridized carbons (Fsp3) is 0.800. The van der Waals surface area contributed by atoms with Gasteiger partial charge >= 0.3 is 18.1 Å². The monoisotopic (exact) mass is 478 g/mol. The number of urea groups is 1. The number of amides is 4. The topological polar surface area (TPSA) is 174 Å². The van der Waals surface area contributed by atoms with Crippen LogP contribution in [0.4, 0.5) is 9.59 Å². The summed E-state index contributed by atoms with van der Waals surface area (Å²) >= 11 is 0. The lowest BCUT2D eigenvalue weighted by atomic mass is 10.2. The predicted molar refractivity (Wildman–Crippen MR) is 117 cm³/mol. The summed E-state index contributed by atoms with van der Waals surface area (Å²) in [7, 11) is 0. The van der Waals surface area contributed by atoms with E-state index in [1.54, 1.807) is 20.8 Å². The molecule has 13 heteroatoms. The molecule has 0 rings (SSSR count). The van der Waals surface area contributed by atoms with Crippen LogP contribution >= 0.6 is 0 Å². The highest BCUT2D eigenvalue weighted by Gasteiger charge is 2.16. The molecule has 0 aliphatic heterocycles. The Labute approximate surface area is 194 Å². The summed E-state index contributed by atoms with van der Waals surface area (Å²) in [6.45, 7) is 8.52. The third-order valence-electron chi connectivity index (χ3n) is 3.53. The molecule has 13 nitrogen and oxygen atoms in total. The van der Waals surface area contributed by atoms with Crippen LogP contribution in [0.5, 0.6) is 0 Å². The molecule has 0 fully saturated rings. The summed E-state index contributed by atoms with van der Waals surface area (Å²) in [6.07, 6.45) is 0.281. The summed E-state index contributed by atoms with van der Waals surface area (Å²) in [5.74, 6) is -1.28. The minimum absolute atomic E-state index is 0.0225. The first-order valence-electron chi connectivity index (χ1n) is 10.8. The van der Waals surface area contributed by atoms with E-state index in [0.29, 0.717) is 65.6 Å². The smallest absolute Gasteiger partial charge is 0.426 e. The fourth-order valence-corrected chi connectivity index (χ4v) is 2.08. The van der Waals surface area contributed by atoms with Crippen molar-refractivity contribution in [3.05, 3.63) is 0 Å². The Kier molecular flexibility index (Phi) is 17.4. The van der Waals surface area contributed by atoms with Gasteiger partial charge in [0.05, 0.1) is 32.8 Å². The van der Waals surface area contributed by atoms with E-state index in [1.807, 2.05) is 0 Å². The van der Waals surface area contributed by atoms with Crippen molar-refractivity contribution in [3.63, 3.8) is 0 Å². The van der Waals surface area contributed by atoms with Gasteiger partial charge in [-0.05, 0) is 33.6 Å². The van der Waals surface area contributed by atoms with Gasteiger partial charge in [-0.2, -0.15) is 0 Å². The van der Waals surface area contributed by atoms with Crippen LogP contribution in [0.15, 0.2) is 0 Å². The minimum atomic E-state index is -0.994. The van der Waals surface area contributed by atoms with Crippen LogP contribution in [0, 0.1) is 0 Å². The summed E-state index contributed by atoms with van der Waals surface area (Å²) in [5.41, 5.74) is 3.67. The highest BCUT2D eigenvalue weighted by molar-refractivity contribution is 5.80. The van der Waals surface area contributed by atoms with Crippen molar-refractivity contribution in [1.82, 2.24) is 21.5 Å². The van der Waals surface area contributed by atoms with E-state index in [1.165, 1.54) is 0 Å².